The van der Waals surface area contributed by atoms with Gasteiger partial charge in [-0.15, -0.1) is 11.8 Å². The molecule has 218 valence electrons. The molecule has 0 aliphatic heterocycles. The summed E-state index contributed by atoms with van der Waals surface area (Å²) < 4.78 is 10.1. The van der Waals surface area contributed by atoms with Crippen molar-refractivity contribution in [2.45, 2.75) is 63.5 Å². The normalized spacial score (nSPS) is 12.6. The highest BCUT2D eigenvalue weighted by molar-refractivity contribution is 8.00. The van der Waals surface area contributed by atoms with Crippen molar-refractivity contribution in [3.63, 3.8) is 0 Å². The number of alkyl carbamates (subject to hydrolysis) is 1. The molecule has 41 heavy (non-hydrogen) atoms. The third-order valence-corrected chi connectivity index (χ3v) is 7.48. The summed E-state index contributed by atoms with van der Waals surface area (Å²) in [7, 11) is 0. The topological polar surface area (TPSA) is 93.7 Å². The first-order valence-corrected chi connectivity index (χ1v) is 14.6. The summed E-state index contributed by atoms with van der Waals surface area (Å²) in [6.07, 6.45) is -0.722. The van der Waals surface area contributed by atoms with Crippen LogP contribution in [0.5, 0.6) is 0 Å². The number of carbonyl (C=O) groups is 3. The molecule has 3 aromatic carbocycles. The van der Waals surface area contributed by atoms with E-state index in [0.29, 0.717) is 0 Å². The first-order valence-electron chi connectivity index (χ1n) is 13.6. The molecule has 0 saturated heterocycles. The summed E-state index contributed by atoms with van der Waals surface area (Å²) in [5, 5.41) is 5.36. The maximum absolute atomic E-state index is 13.4. The first kappa shape index (κ1) is 31.7. The van der Waals surface area contributed by atoms with E-state index in [2.05, 4.69) is 47.0 Å². The molecule has 0 spiro atoms. The molecule has 2 amide bonds. The fourth-order valence-corrected chi connectivity index (χ4v) is 5.83. The SMILES string of the molecule is CC(C)(C)OC(=O)CNC(=O)C(CSC(c1ccccc1)(c1ccccc1)c1ccccc1)NC(=O)OC(C)(C)C. The number of thioether (sulfide) groups is 1. The number of carbonyl (C=O) groups excluding carboxylic acids is 3. The lowest BCUT2D eigenvalue weighted by Crippen LogP contribution is -2.51. The largest absolute Gasteiger partial charge is 0.459 e. The zero-order chi connectivity index (χ0) is 30.1. The predicted octanol–water partition coefficient (Wildman–Crippen LogP) is 6.06. The third kappa shape index (κ3) is 9.39. The van der Waals surface area contributed by atoms with Gasteiger partial charge >= 0.3 is 12.1 Å². The van der Waals surface area contributed by atoms with Gasteiger partial charge in [0, 0.05) is 5.75 Å². The van der Waals surface area contributed by atoms with E-state index in [1.165, 1.54) is 11.8 Å². The molecular formula is C33H40N2O5S. The molecule has 0 saturated carbocycles. The molecule has 2 N–H and O–H groups in total. The Balaban J connectivity index is 1.98. The average Bonchev–Trinajstić information content (AvgIpc) is 2.91. The van der Waals surface area contributed by atoms with Gasteiger partial charge in [-0.25, -0.2) is 4.79 Å². The highest BCUT2D eigenvalue weighted by Crippen LogP contribution is 2.48. The molecular weight excluding hydrogens is 536 g/mol. The number of hydrogen-bond donors (Lipinski definition) is 2. The smallest absolute Gasteiger partial charge is 0.408 e. The summed E-state index contributed by atoms with van der Waals surface area (Å²) in [6, 6.07) is 29.2. The van der Waals surface area contributed by atoms with Crippen LogP contribution in [0.25, 0.3) is 0 Å². The zero-order valence-corrected chi connectivity index (χ0v) is 25.4. The quantitative estimate of drug-likeness (QED) is 0.225. The molecule has 0 aliphatic rings. The number of amides is 2. The van der Waals surface area contributed by atoms with Crippen molar-refractivity contribution in [3.8, 4) is 0 Å². The molecule has 0 aromatic heterocycles. The number of esters is 1. The van der Waals surface area contributed by atoms with E-state index in [0.717, 1.165) is 16.7 Å². The van der Waals surface area contributed by atoms with Gasteiger partial charge in [-0.3, -0.25) is 9.59 Å². The van der Waals surface area contributed by atoms with Crippen LogP contribution in [-0.4, -0.2) is 47.5 Å². The lowest BCUT2D eigenvalue weighted by atomic mass is 9.84. The van der Waals surface area contributed by atoms with Gasteiger partial charge in [0.15, 0.2) is 0 Å². The molecule has 3 rings (SSSR count). The number of benzene rings is 3. The Labute approximate surface area is 247 Å². The summed E-state index contributed by atoms with van der Waals surface area (Å²) >= 11 is 1.52. The maximum atomic E-state index is 13.4. The second-order valence-electron chi connectivity index (χ2n) is 11.6. The van der Waals surface area contributed by atoms with Crippen LogP contribution >= 0.6 is 11.8 Å². The zero-order valence-electron chi connectivity index (χ0n) is 24.6. The lowest BCUT2D eigenvalue weighted by Gasteiger charge is -2.36. The Bertz CT molecular complexity index is 1190. The van der Waals surface area contributed by atoms with E-state index >= 15 is 0 Å². The number of nitrogens with one attached hydrogen (secondary N) is 2. The van der Waals surface area contributed by atoms with Crippen LogP contribution in [0.4, 0.5) is 4.79 Å². The van der Waals surface area contributed by atoms with E-state index in [-0.39, 0.29) is 12.3 Å². The highest BCUT2D eigenvalue weighted by Gasteiger charge is 2.39. The van der Waals surface area contributed by atoms with Crippen molar-refractivity contribution in [1.29, 1.82) is 0 Å². The number of ether oxygens (including phenoxy) is 2. The molecule has 1 atom stereocenters. The van der Waals surface area contributed by atoms with E-state index in [9.17, 15) is 14.4 Å². The van der Waals surface area contributed by atoms with Crippen molar-refractivity contribution in [2.24, 2.45) is 0 Å². The summed E-state index contributed by atoms with van der Waals surface area (Å²) in [6.45, 7) is 10.2. The molecule has 0 fully saturated rings. The molecule has 0 heterocycles. The van der Waals surface area contributed by atoms with E-state index in [1.807, 2.05) is 54.6 Å². The maximum Gasteiger partial charge on any atom is 0.408 e. The third-order valence-electron chi connectivity index (χ3n) is 5.84. The fraction of sp³-hybridized carbons (Fsp3) is 0.364. The standard InChI is InChI=1S/C33H40N2O5S/c1-31(2,3)39-28(36)22-34-29(37)27(35-30(38)40-32(4,5)6)23-41-33(24-16-10-7-11-17-24,25-18-12-8-13-19-25)26-20-14-9-15-21-26/h7-21,27H,22-23H2,1-6H3,(H,34,37)(H,35,38). The molecule has 8 heteroatoms. The second-order valence-corrected chi connectivity index (χ2v) is 12.8. The minimum atomic E-state index is -1.01. The van der Waals surface area contributed by atoms with Crippen LogP contribution in [0.1, 0.15) is 58.2 Å². The summed E-state index contributed by atoms with van der Waals surface area (Å²) in [4.78, 5) is 38.6. The van der Waals surface area contributed by atoms with Crippen molar-refractivity contribution in [2.75, 3.05) is 12.3 Å². The van der Waals surface area contributed by atoms with Crippen LogP contribution in [0.2, 0.25) is 0 Å². The second kappa shape index (κ2) is 13.7. The van der Waals surface area contributed by atoms with Crippen LogP contribution in [0, 0.1) is 0 Å². The molecule has 3 aromatic rings. The minimum Gasteiger partial charge on any atom is -0.459 e. The van der Waals surface area contributed by atoms with Crippen LogP contribution in [-0.2, 0) is 23.8 Å². The summed E-state index contributed by atoms with van der Waals surface area (Å²) in [5.74, 6) is -0.906. The Morgan fingerprint density at radius 1 is 0.683 bits per heavy atom. The van der Waals surface area contributed by atoms with Crippen molar-refractivity contribution < 1.29 is 23.9 Å². The van der Waals surface area contributed by atoms with Gasteiger partial charge in [-0.2, -0.15) is 0 Å². The molecule has 1 unspecified atom stereocenters. The average molecular weight is 577 g/mol. The molecule has 0 aliphatic carbocycles. The van der Waals surface area contributed by atoms with Gasteiger partial charge in [-0.05, 0) is 58.2 Å². The Morgan fingerprint density at radius 3 is 1.49 bits per heavy atom. The monoisotopic (exact) mass is 576 g/mol. The van der Waals surface area contributed by atoms with Gasteiger partial charge in [0.1, 0.15) is 23.8 Å². The molecule has 7 nitrogen and oxygen atoms in total. The van der Waals surface area contributed by atoms with Crippen molar-refractivity contribution in [1.82, 2.24) is 10.6 Å². The first-order chi connectivity index (χ1) is 19.3. The van der Waals surface area contributed by atoms with Crippen LogP contribution < -0.4 is 10.6 Å². The van der Waals surface area contributed by atoms with Crippen molar-refractivity contribution in [3.05, 3.63) is 108 Å². The predicted molar refractivity (Wildman–Crippen MR) is 164 cm³/mol. The highest BCUT2D eigenvalue weighted by atomic mass is 32.2. The van der Waals surface area contributed by atoms with Gasteiger partial charge in [0.2, 0.25) is 5.91 Å². The van der Waals surface area contributed by atoms with Gasteiger partial charge < -0.3 is 20.1 Å². The van der Waals surface area contributed by atoms with Gasteiger partial charge in [0.05, 0.1) is 4.75 Å². The van der Waals surface area contributed by atoms with Gasteiger partial charge in [-0.1, -0.05) is 91.0 Å². The van der Waals surface area contributed by atoms with E-state index < -0.39 is 40.0 Å². The Morgan fingerprint density at radius 2 is 1.10 bits per heavy atom. The van der Waals surface area contributed by atoms with Gasteiger partial charge in [0.25, 0.3) is 0 Å². The summed E-state index contributed by atoms with van der Waals surface area (Å²) in [5.41, 5.74) is 1.62. The van der Waals surface area contributed by atoms with Crippen LogP contribution in [0.3, 0.4) is 0 Å². The van der Waals surface area contributed by atoms with Crippen LogP contribution in [0.15, 0.2) is 91.0 Å². The Hall–Kier alpha value is -3.78. The molecule has 0 bridgehead atoms. The van der Waals surface area contributed by atoms with Crippen molar-refractivity contribution >= 4 is 29.7 Å². The molecule has 0 radical (unpaired) electrons. The minimum absolute atomic E-state index is 0.179. The Kier molecular flexibility index (Phi) is 10.6. The lowest BCUT2D eigenvalue weighted by molar-refractivity contribution is -0.154. The number of hydrogen-bond acceptors (Lipinski definition) is 6. The van der Waals surface area contributed by atoms with E-state index in [4.69, 9.17) is 9.47 Å². The number of rotatable bonds is 10. The van der Waals surface area contributed by atoms with E-state index in [1.54, 1.807) is 41.5 Å². The fourth-order valence-electron chi connectivity index (χ4n) is 4.27.